The number of amides is 1. The number of likely N-dealkylation sites (tertiary alicyclic amines) is 1. The van der Waals surface area contributed by atoms with Gasteiger partial charge in [0.05, 0.1) is 11.7 Å². The largest absolute Gasteiger partial charge is 0.334 e. The molecule has 3 heterocycles. The van der Waals surface area contributed by atoms with Crippen LogP contribution in [-0.4, -0.2) is 31.9 Å². The van der Waals surface area contributed by atoms with E-state index in [0.717, 1.165) is 49.6 Å². The van der Waals surface area contributed by atoms with Crippen molar-refractivity contribution >= 4 is 5.91 Å². The summed E-state index contributed by atoms with van der Waals surface area (Å²) in [5.41, 5.74) is 1.00. The lowest BCUT2D eigenvalue weighted by molar-refractivity contribution is -0.136. The average molecular weight is 324 g/mol. The minimum atomic E-state index is 0.127. The lowest BCUT2D eigenvalue weighted by atomic mass is 10.0. The zero-order chi connectivity index (χ0) is 16.5. The summed E-state index contributed by atoms with van der Waals surface area (Å²) in [5, 5.41) is 0. The van der Waals surface area contributed by atoms with Crippen molar-refractivity contribution in [2.75, 3.05) is 6.54 Å². The van der Waals surface area contributed by atoms with Gasteiger partial charge in [-0.1, -0.05) is 18.9 Å². The van der Waals surface area contributed by atoms with Crippen molar-refractivity contribution in [3.63, 3.8) is 0 Å². The molecule has 1 aliphatic heterocycles. The van der Waals surface area contributed by atoms with Crippen LogP contribution in [0.4, 0.5) is 0 Å². The number of carbonyl (C=O) groups excluding carboxylic acids is 1. The fourth-order valence-electron chi connectivity index (χ4n) is 4.12. The molecule has 24 heavy (non-hydrogen) atoms. The molecule has 0 aromatic carbocycles. The van der Waals surface area contributed by atoms with Gasteiger partial charge < -0.3 is 4.90 Å². The third-order valence-corrected chi connectivity index (χ3v) is 5.41. The van der Waals surface area contributed by atoms with Crippen LogP contribution in [0.25, 0.3) is 5.82 Å². The Morgan fingerprint density at radius 1 is 1.17 bits per heavy atom. The molecule has 0 radical (unpaired) electrons. The Morgan fingerprint density at radius 3 is 2.75 bits per heavy atom. The minimum Gasteiger partial charge on any atom is -0.334 e. The van der Waals surface area contributed by atoms with E-state index in [0.29, 0.717) is 5.91 Å². The second-order valence-corrected chi connectivity index (χ2v) is 6.94. The number of aryl methyl sites for hydroxylation is 1. The molecule has 1 aliphatic carbocycles. The van der Waals surface area contributed by atoms with Crippen LogP contribution in [0, 0.1) is 12.8 Å². The summed E-state index contributed by atoms with van der Waals surface area (Å²) in [6.07, 6.45) is 10.3. The van der Waals surface area contributed by atoms with Gasteiger partial charge in [-0.15, -0.1) is 0 Å². The van der Waals surface area contributed by atoms with Gasteiger partial charge in [-0.3, -0.25) is 9.36 Å². The van der Waals surface area contributed by atoms with Crippen LogP contribution in [0.1, 0.15) is 56.1 Å². The molecule has 0 bridgehead atoms. The van der Waals surface area contributed by atoms with Crippen molar-refractivity contribution in [1.82, 2.24) is 19.4 Å². The van der Waals surface area contributed by atoms with Gasteiger partial charge in [0.25, 0.3) is 0 Å². The van der Waals surface area contributed by atoms with E-state index in [-0.39, 0.29) is 12.0 Å². The number of aromatic nitrogens is 3. The van der Waals surface area contributed by atoms with Crippen LogP contribution in [0.5, 0.6) is 0 Å². The van der Waals surface area contributed by atoms with Gasteiger partial charge in [0.2, 0.25) is 5.91 Å². The number of carbonyl (C=O) groups is 1. The summed E-state index contributed by atoms with van der Waals surface area (Å²) in [6.45, 7) is 2.84. The molecule has 2 fully saturated rings. The molecule has 126 valence electrons. The van der Waals surface area contributed by atoms with Crippen molar-refractivity contribution in [3.05, 3.63) is 42.1 Å². The molecule has 2 aliphatic rings. The standard InChI is InChI=1S/C19H24N4O/c1-14-20-11-13-22(14)18-10-4-8-16(21-18)17-9-5-12-23(17)19(24)15-6-2-3-7-15/h4,8,10-11,13,15,17H,2-3,5-7,9,12H2,1H3/t17-/m1/s1. The minimum absolute atomic E-state index is 0.127. The number of nitrogens with zero attached hydrogens (tertiary/aromatic N) is 4. The molecule has 1 amide bonds. The monoisotopic (exact) mass is 324 g/mol. The van der Waals surface area contributed by atoms with Crippen molar-refractivity contribution < 1.29 is 4.79 Å². The summed E-state index contributed by atoms with van der Waals surface area (Å²) >= 11 is 0. The normalized spacial score (nSPS) is 21.5. The zero-order valence-corrected chi connectivity index (χ0v) is 14.2. The topological polar surface area (TPSA) is 51.0 Å². The fourth-order valence-corrected chi connectivity index (χ4v) is 4.12. The van der Waals surface area contributed by atoms with Crippen molar-refractivity contribution in [2.24, 2.45) is 5.92 Å². The van der Waals surface area contributed by atoms with E-state index in [2.05, 4.69) is 16.0 Å². The molecule has 1 atom stereocenters. The maximum absolute atomic E-state index is 12.9. The molecule has 5 heteroatoms. The molecule has 1 saturated heterocycles. The molecular formula is C19H24N4O. The highest BCUT2D eigenvalue weighted by atomic mass is 16.2. The summed E-state index contributed by atoms with van der Waals surface area (Å²) in [4.78, 5) is 24.1. The first-order chi connectivity index (χ1) is 11.7. The second-order valence-electron chi connectivity index (χ2n) is 6.94. The van der Waals surface area contributed by atoms with Gasteiger partial charge in [-0.25, -0.2) is 9.97 Å². The van der Waals surface area contributed by atoms with Crippen molar-refractivity contribution in [2.45, 2.75) is 51.5 Å². The van der Waals surface area contributed by atoms with Crippen LogP contribution in [0.3, 0.4) is 0 Å². The molecule has 0 unspecified atom stereocenters. The zero-order valence-electron chi connectivity index (χ0n) is 14.2. The Balaban J connectivity index is 1.60. The van der Waals surface area contributed by atoms with Crippen LogP contribution in [0.15, 0.2) is 30.6 Å². The molecule has 4 rings (SSSR count). The number of hydrogen-bond acceptors (Lipinski definition) is 3. The summed E-state index contributed by atoms with van der Waals surface area (Å²) < 4.78 is 1.99. The first-order valence-corrected chi connectivity index (χ1v) is 9.02. The van der Waals surface area contributed by atoms with E-state index in [4.69, 9.17) is 4.98 Å². The molecule has 0 spiro atoms. The number of hydrogen-bond donors (Lipinski definition) is 0. The van der Waals surface area contributed by atoms with Crippen LogP contribution >= 0.6 is 0 Å². The molecule has 1 saturated carbocycles. The third-order valence-electron chi connectivity index (χ3n) is 5.41. The summed E-state index contributed by atoms with van der Waals surface area (Å²) in [5.74, 6) is 2.39. The molecule has 2 aromatic rings. The third kappa shape index (κ3) is 2.72. The quantitative estimate of drug-likeness (QED) is 0.869. The lowest BCUT2D eigenvalue weighted by Crippen LogP contribution is -2.35. The maximum atomic E-state index is 12.9. The van der Waals surface area contributed by atoms with Gasteiger partial charge in [0.15, 0.2) is 0 Å². The van der Waals surface area contributed by atoms with E-state index in [1.807, 2.05) is 29.8 Å². The second kappa shape index (κ2) is 6.38. The number of imidazole rings is 1. The predicted octanol–water partition coefficient (Wildman–Crippen LogP) is 3.43. The van der Waals surface area contributed by atoms with Gasteiger partial charge in [0, 0.05) is 24.9 Å². The van der Waals surface area contributed by atoms with Gasteiger partial charge >= 0.3 is 0 Å². The Hall–Kier alpha value is -2.17. The number of rotatable bonds is 3. The van der Waals surface area contributed by atoms with Crippen LogP contribution in [0.2, 0.25) is 0 Å². The van der Waals surface area contributed by atoms with Gasteiger partial charge in [-0.2, -0.15) is 0 Å². The highest BCUT2D eigenvalue weighted by molar-refractivity contribution is 5.79. The highest BCUT2D eigenvalue weighted by Gasteiger charge is 2.35. The highest BCUT2D eigenvalue weighted by Crippen LogP contribution is 2.35. The number of pyridine rings is 1. The smallest absolute Gasteiger partial charge is 0.226 e. The average Bonchev–Trinajstić information content (AvgIpc) is 3.35. The fraction of sp³-hybridized carbons (Fsp3) is 0.526. The van der Waals surface area contributed by atoms with E-state index in [9.17, 15) is 4.79 Å². The first-order valence-electron chi connectivity index (χ1n) is 9.02. The SMILES string of the molecule is Cc1nccn1-c1cccc([C@H]2CCCN2C(=O)C2CCCC2)n1. The Kier molecular flexibility index (Phi) is 4.08. The molecule has 2 aromatic heterocycles. The Bertz CT molecular complexity index is 732. The predicted molar refractivity (Wildman–Crippen MR) is 91.7 cm³/mol. The first kappa shape index (κ1) is 15.4. The summed E-state index contributed by atoms with van der Waals surface area (Å²) in [6, 6.07) is 6.21. The Morgan fingerprint density at radius 2 is 2.00 bits per heavy atom. The van der Waals surface area contributed by atoms with E-state index in [1.54, 1.807) is 6.20 Å². The van der Waals surface area contributed by atoms with Crippen LogP contribution in [-0.2, 0) is 4.79 Å². The van der Waals surface area contributed by atoms with Crippen molar-refractivity contribution in [1.29, 1.82) is 0 Å². The Labute approximate surface area is 142 Å². The summed E-state index contributed by atoms with van der Waals surface area (Å²) in [7, 11) is 0. The van der Waals surface area contributed by atoms with Gasteiger partial charge in [0.1, 0.15) is 11.6 Å². The van der Waals surface area contributed by atoms with E-state index < -0.39 is 0 Å². The van der Waals surface area contributed by atoms with Gasteiger partial charge in [-0.05, 0) is 44.7 Å². The molecule has 0 N–H and O–H groups in total. The van der Waals surface area contributed by atoms with Crippen molar-refractivity contribution in [3.8, 4) is 5.82 Å². The maximum Gasteiger partial charge on any atom is 0.226 e. The molecule has 5 nitrogen and oxygen atoms in total. The van der Waals surface area contributed by atoms with E-state index in [1.165, 1.54) is 12.8 Å². The van der Waals surface area contributed by atoms with E-state index >= 15 is 0 Å². The van der Waals surface area contributed by atoms with Crippen LogP contribution < -0.4 is 0 Å². The molecular weight excluding hydrogens is 300 g/mol. The lowest BCUT2D eigenvalue weighted by Gasteiger charge is -2.27.